The second kappa shape index (κ2) is 5.36. The van der Waals surface area contributed by atoms with Gasteiger partial charge in [-0.2, -0.15) is 0 Å². The Morgan fingerprint density at radius 3 is 2.78 bits per heavy atom. The third-order valence-corrected chi connectivity index (χ3v) is 3.79. The van der Waals surface area contributed by atoms with Crippen molar-refractivity contribution < 1.29 is 14.3 Å². The summed E-state index contributed by atoms with van der Waals surface area (Å²) in [6.45, 7) is 3.81. The maximum absolute atomic E-state index is 13.2. The normalized spacial score (nSPS) is 24.4. The number of benzene rings is 1. The molecule has 1 saturated heterocycles. The quantitative estimate of drug-likeness (QED) is 0.932. The predicted octanol–water partition coefficient (Wildman–Crippen LogP) is 2.74. The van der Waals surface area contributed by atoms with Crippen molar-refractivity contribution in [2.45, 2.75) is 13.5 Å². The number of nitrogens with zero attached hydrogens (tertiary/aromatic N) is 1. The van der Waals surface area contributed by atoms with Crippen molar-refractivity contribution in [3.63, 3.8) is 0 Å². The highest BCUT2D eigenvalue weighted by Crippen LogP contribution is 2.25. The molecule has 1 aliphatic rings. The smallest absolute Gasteiger partial charge is 0.308 e. The maximum atomic E-state index is 13.2. The first kappa shape index (κ1) is 13.5. The summed E-state index contributed by atoms with van der Waals surface area (Å²) in [6, 6.07) is 4.77. The third-order valence-electron chi connectivity index (χ3n) is 3.33. The standard InChI is InChI=1S/C13H15BrFNO2/c1-8-5-16(7-12(8)13(17)18)6-9-2-10(14)4-11(15)3-9/h2-4,8,12H,5-7H2,1H3,(H,17,18). The predicted molar refractivity (Wildman–Crippen MR) is 69.7 cm³/mol. The molecule has 3 nitrogen and oxygen atoms in total. The zero-order chi connectivity index (χ0) is 13.3. The van der Waals surface area contributed by atoms with Gasteiger partial charge in [-0.05, 0) is 29.7 Å². The summed E-state index contributed by atoms with van der Waals surface area (Å²) < 4.78 is 13.9. The lowest BCUT2D eigenvalue weighted by Crippen LogP contribution is -2.23. The van der Waals surface area contributed by atoms with E-state index in [9.17, 15) is 9.18 Å². The van der Waals surface area contributed by atoms with Crippen molar-refractivity contribution >= 4 is 21.9 Å². The monoisotopic (exact) mass is 315 g/mol. The summed E-state index contributed by atoms with van der Waals surface area (Å²) in [7, 11) is 0. The number of carbonyl (C=O) groups is 1. The SMILES string of the molecule is CC1CN(Cc2cc(F)cc(Br)c2)CC1C(=O)O. The van der Waals surface area contributed by atoms with Gasteiger partial charge in [0.15, 0.2) is 0 Å². The molecule has 0 aromatic heterocycles. The average Bonchev–Trinajstić information content (AvgIpc) is 2.57. The van der Waals surface area contributed by atoms with Crippen molar-refractivity contribution in [1.29, 1.82) is 0 Å². The molecule has 1 fully saturated rings. The van der Waals surface area contributed by atoms with Gasteiger partial charge in [-0.3, -0.25) is 9.69 Å². The Labute approximate surface area is 114 Å². The van der Waals surface area contributed by atoms with E-state index in [4.69, 9.17) is 5.11 Å². The van der Waals surface area contributed by atoms with Gasteiger partial charge in [-0.25, -0.2) is 4.39 Å². The minimum absolute atomic E-state index is 0.138. The van der Waals surface area contributed by atoms with Crippen molar-refractivity contribution in [3.8, 4) is 0 Å². The first-order valence-electron chi connectivity index (χ1n) is 5.86. The molecule has 1 aromatic carbocycles. The zero-order valence-electron chi connectivity index (χ0n) is 10.1. The van der Waals surface area contributed by atoms with Gasteiger partial charge in [-0.15, -0.1) is 0 Å². The van der Waals surface area contributed by atoms with Crippen LogP contribution < -0.4 is 0 Å². The summed E-state index contributed by atoms with van der Waals surface area (Å²) in [5.41, 5.74) is 0.861. The number of aliphatic carboxylic acids is 1. The lowest BCUT2D eigenvalue weighted by molar-refractivity contribution is -0.142. The van der Waals surface area contributed by atoms with Crippen molar-refractivity contribution in [3.05, 3.63) is 34.1 Å². The molecule has 0 saturated carbocycles. The number of carboxylic acid groups (broad SMARTS) is 1. The molecule has 0 aliphatic carbocycles. The van der Waals surface area contributed by atoms with Crippen LogP contribution in [0.5, 0.6) is 0 Å². The number of rotatable bonds is 3. The second-order valence-corrected chi connectivity index (χ2v) is 5.81. The minimum Gasteiger partial charge on any atom is -0.481 e. The molecule has 2 rings (SSSR count). The molecule has 18 heavy (non-hydrogen) atoms. The number of hydrogen-bond acceptors (Lipinski definition) is 2. The zero-order valence-corrected chi connectivity index (χ0v) is 11.7. The van der Waals surface area contributed by atoms with Gasteiger partial charge >= 0.3 is 5.97 Å². The molecule has 1 aliphatic heterocycles. The molecule has 0 amide bonds. The van der Waals surface area contributed by atoms with Crippen LogP contribution in [-0.2, 0) is 11.3 Å². The molecular weight excluding hydrogens is 301 g/mol. The fraction of sp³-hybridized carbons (Fsp3) is 0.462. The Morgan fingerprint density at radius 2 is 2.22 bits per heavy atom. The van der Waals surface area contributed by atoms with Crippen LogP contribution in [-0.4, -0.2) is 29.1 Å². The van der Waals surface area contributed by atoms with E-state index in [0.717, 1.165) is 12.1 Å². The van der Waals surface area contributed by atoms with E-state index in [0.29, 0.717) is 17.6 Å². The van der Waals surface area contributed by atoms with Crippen LogP contribution in [0.25, 0.3) is 0 Å². The molecule has 0 radical (unpaired) electrons. The minimum atomic E-state index is -0.745. The molecule has 0 bridgehead atoms. The van der Waals surface area contributed by atoms with E-state index >= 15 is 0 Å². The van der Waals surface area contributed by atoms with E-state index in [-0.39, 0.29) is 17.7 Å². The van der Waals surface area contributed by atoms with Gasteiger partial charge < -0.3 is 5.11 Å². The molecular formula is C13H15BrFNO2. The van der Waals surface area contributed by atoms with Crippen LogP contribution in [0.2, 0.25) is 0 Å². The maximum Gasteiger partial charge on any atom is 0.308 e. The van der Waals surface area contributed by atoms with E-state index in [1.165, 1.54) is 12.1 Å². The lowest BCUT2D eigenvalue weighted by Gasteiger charge is -2.15. The highest BCUT2D eigenvalue weighted by Gasteiger charge is 2.34. The molecule has 98 valence electrons. The van der Waals surface area contributed by atoms with Gasteiger partial charge in [0.05, 0.1) is 5.92 Å². The molecule has 5 heteroatoms. The Bertz CT molecular complexity index is 446. The summed E-state index contributed by atoms with van der Waals surface area (Å²) >= 11 is 3.26. The van der Waals surface area contributed by atoms with Crippen LogP contribution in [0.15, 0.2) is 22.7 Å². The summed E-state index contributed by atoms with van der Waals surface area (Å²) in [5.74, 6) is -1.20. The molecule has 0 spiro atoms. The summed E-state index contributed by atoms with van der Waals surface area (Å²) in [4.78, 5) is 13.1. The van der Waals surface area contributed by atoms with E-state index in [2.05, 4.69) is 20.8 Å². The first-order chi connectivity index (χ1) is 8.45. The second-order valence-electron chi connectivity index (χ2n) is 4.89. The van der Waals surface area contributed by atoms with Gasteiger partial charge in [0.25, 0.3) is 0 Å². The highest BCUT2D eigenvalue weighted by molar-refractivity contribution is 9.10. The molecule has 1 heterocycles. The fourth-order valence-electron chi connectivity index (χ4n) is 2.48. The van der Waals surface area contributed by atoms with Gasteiger partial charge in [0.2, 0.25) is 0 Å². The summed E-state index contributed by atoms with van der Waals surface area (Å²) in [6.07, 6.45) is 0. The first-order valence-corrected chi connectivity index (χ1v) is 6.65. The Morgan fingerprint density at radius 1 is 1.50 bits per heavy atom. The molecule has 2 atom stereocenters. The molecule has 1 N–H and O–H groups in total. The number of carboxylic acids is 1. The Balaban J connectivity index is 2.05. The largest absolute Gasteiger partial charge is 0.481 e. The van der Waals surface area contributed by atoms with Crippen molar-refractivity contribution in [2.24, 2.45) is 11.8 Å². The van der Waals surface area contributed by atoms with Crippen molar-refractivity contribution in [2.75, 3.05) is 13.1 Å². The van der Waals surface area contributed by atoms with Crippen LogP contribution in [0.3, 0.4) is 0 Å². The molecule has 1 aromatic rings. The van der Waals surface area contributed by atoms with Crippen molar-refractivity contribution in [1.82, 2.24) is 4.90 Å². The van der Waals surface area contributed by atoms with Gasteiger partial charge in [-0.1, -0.05) is 22.9 Å². The van der Waals surface area contributed by atoms with E-state index in [1.54, 1.807) is 0 Å². The fourth-order valence-corrected chi connectivity index (χ4v) is 2.99. The van der Waals surface area contributed by atoms with E-state index < -0.39 is 5.97 Å². The van der Waals surface area contributed by atoms with Crippen LogP contribution in [0.1, 0.15) is 12.5 Å². The topological polar surface area (TPSA) is 40.5 Å². The van der Waals surface area contributed by atoms with Crippen LogP contribution in [0.4, 0.5) is 4.39 Å². The number of halogens is 2. The van der Waals surface area contributed by atoms with Gasteiger partial charge in [0.1, 0.15) is 5.82 Å². The Kier molecular flexibility index (Phi) is 4.02. The third kappa shape index (κ3) is 3.09. The van der Waals surface area contributed by atoms with Crippen LogP contribution in [0, 0.1) is 17.7 Å². The number of hydrogen-bond donors (Lipinski definition) is 1. The highest BCUT2D eigenvalue weighted by atomic mass is 79.9. The Hall–Kier alpha value is -0.940. The lowest BCUT2D eigenvalue weighted by atomic mass is 9.99. The van der Waals surface area contributed by atoms with E-state index in [1.807, 2.05) is 13.0 Å². The van der Waals surface area contributed by atoms with Gasteiger partial charge in [0, 0.05) is 24.1 Å². The summed E-state index contributed by atoms with van der Waals surface area (Å²) in [5, 5.41) is 9.06. The number of likely N-dealkylation sites (tertiary alicyclic amines) is 1. The van der Waals surface area contributed by atoms with Crippen LogP contribution >= 0.6 is 15.9 Å². The molecule has 2 unspecified atom stereocenters. The average molecular weight is 316 g/mol.